The third-order valence-corrected chi connectivity index (χ3v) is 4.24. The van der Waals surface area contributed by atoms with Crippen molar-refractivity contribution in [3.8, 4) is 0 Å². The van der Waals surface area contributed by atoms with E-state index in [-0.39, 0.29) is 18.1 Å². The number of rotatable bonds is 5. The molecule has 6 heteroatoms. The Labute approximate surface area is 117 Å². The van der Waals surface area contributed by atoms with E-state index in [0.29, 0.717) is 32.5 Å². The van der Waals surface area contributed by atoms with Crippen molar-refractivity contribution in [3.05, 3.63) is 16.1 Å². The smallest absolute Gasteiger partial charge is 0.228 e. The zero-order chi connectivity index (χ0) is 13.8. The SMILES string of the molecule is CCOC(C)c1nc(CC(=O)N2CC[C@@H](O)C2)cs1. The third kappa shape index (κ3) is 3.75. The number of likely N-dealkylation sites (tertiary alicyclic amines) is 1. The molecule has 1 saturated heterocycles. The lowest BCUT2D eigenvalue weighted by Gasteiger charge is -2.14. The topological polar surface area (TPSA) is 62.7 Å². The molecule has 1 amide bonds. The van der Waals surface area contributed by atoms with E-state index in [1.54, 1.807) is 4.90 Å². The van der Waals surface area contributed by atoms with Crippen LogP contribution in [-0.2, 0) is 16.0 Å². The van der Waals surface area contributed by atoms with Crippen LogP contribution in [0.1, 0.15) is 37.1 Å². The number of carbonyl (C=O) groups excluding carboxylic acids is 1. The maximum atomic E-state index is 12.0. The minimum atomic E-state index is -0.368. The van der Waals surface area contributed by atoms with E-state index < -0.39 is 0 Å². The molecular formula is C13H20N2O3S. The maximum Gasteiger partial charge on any atom is 0.228 e. The molecule has 0 radical (unpaired) electrons. The highest BCUT2D eigenvalue weighted by Gasteiger charge is 2.25. The van der Waals surface area contributed by atoms with Gasteiger partial charge in [-0.1, -0.05) is 0 Å². The van der Waals surface area contributed by atoms with Gasteiger partial charge in [-0.15, -0.1) is 11.3 Å². The third-order valence-electron chi connectivity index (χ3n) is 3.18. The van der Waals surface area contributed by atoms with Gasteiger partial charge >= 0.3 is 0 Å². The quantitative estimate of drug-likeness (QED) is 0.887. The van der Waals surface area contributed by atoms with Crippen LogP contribution in [0.4, 0.5) is 0 Å². The first-order valence-corrected chi connectivity index (χ1v) is 7.49. The molecule has 2 rings (SSSR count). The van der Waals surface area contributed by atoms with Crippen molar-refractivity contribution < 1.29 is 14.6 Å². The zero-order valence-corrected chi connectivity index (χ0v) is 12.2. The van der Waals surface area contributed by atoms with Gasteiger partial charge in [-0.2, -0.15) is 0 Å². The molecule has 1 unspecified atom stereocenters. The van der Waals surface area contributed by atoms with E-state index in [2.05, 4.69) is 4.98 Å². The Kier molecular flexibility index (Phi) is 4.90. The largest absolute Gasteiger partial charge is 0.391 e. The Morgan fingerprint density at radius 2 is 2.53 bits per heavy atom. The van der Waals surface area contributed by atoms with Crippen LogP contribution in [0.3, 0.4) is 0 Å². The molecule has 0 saturated carbocycles. The van der Waals surface area contributed by atoms with Crippen LogP contribution in [-0.4, -0.2) is 46.7 Å². The molecule has 0 bridgehead atoms. The predicted molar refractivity (Wildman–Crippen MR) is 73.1 cm³/mol. The van der Waals surface area contributed by atoms with Crippen molar-refractivity contribution in [2.24, 2.45) is 0 Å². The van der Waals surface area contributed by atoms with Crippen LogP contribution in [0.15, 0.2) is 5.38 Å². The van der Waals surface area contributed by atoms with E-state index >= 15 is 0 Å². The average Bonchev–Trinajstić information content (AvgIpc) is 2.98. The Hall–Kier alpha value is -0.980. The van der Waals surface area contributed by atoms with Gasteiger partial charge in [0.25, 0.3) is 0 Å². The number of aliphatic hydroxyl groups is 1. The minimum absolute atomic E-state index is 0.0209. The second-order valence-corrected chi connectivity index (χ2v) is 5.62. The number of hydrogen-bond donors (Lipinski definition) is 1. The van der Waals surface area contributed by atoms with Crippen molar-refractivity contribution in [3.63, 3.8) is 0 Å². The number of aromatic nitrogens is 1. The number of ether oxygens (including phenoxy) is 1. The summed E-state index contributed by atoms with van der Waals surface area (Å²) in [5.41, 5.74) is 0.790. The van der Waals surface area contributed by atoms with Crippen molar-refractivity contribution in [1.29, 1.82) is 0 Å². The van der Waals surface area contributed by atoms with E-state index in [1.807, 2.05) is 19.2 Å². The summed E-state index contributed by atoms with van der Waals surface area (Å²) in [5, 5.41) is 12.2. The van der Waals surface area contributed by atoms with E-state index in [1.165, 1.54) is 11.3 Å². The van der Waals surface area contributed by atoms with E-state index in [0.717, 1.165) is 10.7 Å². The second kappa shape index (κ2) is 6.45. The highest BCUT2D eigenvalue weighted by molar-refractivity contribution is 7.09. The second-order valence-electron chi connectivity index (χ2n) is 4.73. The highest BCUT2D eigenvalue weighted by Crippen LogP contribution is 2.21. The van der Waals surface area contributed by atoms with Crippen LogP contribution in [0, 0.1) is 0 Å². The lowest BCUT2D eigenvalue weighted by molar-refractivity contribution is -0.129. The van der Waals surface area contributed by atoms with Crippen LogP contribution >= 0.6 is 11.3 Å². The van der Waals surface area contributed by atoms with Crippen molar-refractivity contribution >= 4 is 17.2 Å². The number of carbonyl (C=O) groups is 1. The minimum Gasteiger partial charge on any atom is -0.391 e. The van der Waals surface area contributed by atoms with Crippen LogP contribution in [0.5, 0.6) is 0 Å². The number of β-amino-alcohol motifs (C(OH)–C–C–N with tert-alkyl or cyclic N) is 1. The maximum absolute atomic E-state index is 12.0. The Morgan fingerprint density at radius 3 is 3.16 bits per heavy atom. The fourth-order valence-electron chi connectivity index (χ4n) is 2.15. The van der Waals surface area contributed by atoms with Crippen LogP contribution in [0.2, 0.25) is 0 Å². The van der Waals surface area contributed by atoms with Gasteiger partial charge in [-0.05, 0) is 20.3 Å². The Bertz CT molecular complexity index is 435. The van der Waals surface area contributed by atoms with E-state index in [4.69, 9.17) is 4.74 Å². The van der Waals surface area contributed by atoms with Crippen molar-refractivity contribution in [2.45, 2.75) is 38.9 Å². The van der Waals surface area contributed by atoms with Gasteiger partial charge in [0.2, 0.25) is 5.91 Å². The lowest BCUT2D eigenvalue weighted by Crippen LogP contribution is -2.30. The standard InChI is InChI=1S/C13H20N2O3S/c1-3-18-9(2)13-14-10(8-19-13)6-12(17)15-5-4-11(16)7-15/h8-9,11,16H,3-7H2,1-2H3/t9?,11-/m1/s1. The Morgan fingerprint density at radius 1 is 1.74 bits per heavy atom. The van der Waals surface area contributed by atoms with Gasteiger partial charge in [-0.3, -0.25) is 4.79 Å². The first-order valence-electron chi connectivity index (χ1n) is 6.62. The summed E-state index contributed by atoms with van der Waals surface area (Å²) in [6.45, 7) is 5.66. The molecule has 106 valence electrons. The van der Waals surface area contributed by atoms with Gasteiger partial charge < -0.3 is 14.7 Å². The van der Waals surface area contributed by atoms with Crippen molar-refractivity contribution in [1.82, 2.24) is 9.88 Å². The molecule has 1 N–H and O–H groups in total. The summed E-state index contributed by atoms with van der Waals surface area (Å²) in [6.07, 6.45) is 0.595. The number of thiazole rings is 1. The Balaban J connectivity index is 1.91. The molecule has 1 fully saturated rings. The van der Waals surface area contributed by atoms with Crippen molar-refractivity contribution in [2.75, 3.05) is 19.7 Å². The fourth-order valence-corrected chi connectivity index (χ4v) is 2.97. The summed E-state index contributed by atoms with van der Waals surface area (Å²) in [5.74, 6) is 0.0393. The molecule has 0 aliphatic carbocycles. The monoisotopic (exact) mass is 284 g/mol. The normalized spacial score (nSPS) is 20.8. The molecule has 2 atom stereocenters. The molecule has 5 nitrogen and oxygen atoms in total. The first kappa shape index (κ1) is 14.4. The molecule has 2 heterocycles. The zero-order valence-electron chi connectivity index (χ0n) is 11.3. The average molecular weight is 284 g/mol. The summed E-state index contributed by atoms with van der Waals surface area (Å²) in [6, 6.07) is 0. The molecule has 0 aromatic carbocycles. The highest BCUT2D eigenvalue weighted by atomic mass is 32.1. The first-order chi connectivity index (χ1) is 9.10. The van der Waals surface area contributed by atoms with Gasteiger partial charge in [0.15, 0.2) is 0 Å². The molecule has 1 aromatic heterocycles. The molecule has 1 aromatic rings. The lowest BCUT2D eigenvalue weighted by atomic mass is 10.3. The molecule has 0 spiro atoms. The van der Waals surface area contributed by atoms with Gasteiger partial charge in [0.05, 0.1) is 18.2 Å². The number of hydrogen-bond acceptors (Lipinski definition) is 5. The van der Waals surface area contributed by atoms with Gasteiger partial charge in [-0.25, -0.2) is 4.98 Å². The fraction of sp³-hybridized carbons (Fsp3) is 0.692. The number of aliphatic hydroxyl groups excluding tert-OH is 1. The molecular weight excluding hydrogens is 264 g/mol. The molecule has 1 aliphatic rings. The van der Waals surface area contributed by atoms with Gasteiger partial charge in [0, 0.05) is 25.1 Å². The van der Waals surface area contributed by atoms with E-state index in [9.17, 15) is 9.90 Å². The summed E-state index contributed by atoms with van der Waals surface area (Å²) in [7, 11) is 0. The number of amides is 1. The predicted octanol–water partition coefficient (Wildman–Crippen LogP) is 1.38. The molecule has 1 aliphatic heterocycles. The molecule has 19 heavy (non-hydrogen) atoms. The summed E-state index contributed by atoms with van der Waals surface area (Å²) < 4.78 is 5.48. The number of nitrogens with zero attached hydrogens (tertiary/aromatic N) is 2. The van der Waals surface area contributed by atoms with Gasteiger partial charge in [0.1, 0.15) is 11.1 Å². The summed E-state index contributed by atoms with van der Waals surface area (Å²) >= 11 is 1.53. The summed E-state index contributed by atoms with van der Waals surface area (Å²) in [4.78, 5) is 18.2. The van der Waals surface area contributed by atoms with Crippen LogP contribution < -0.4 is 0 Å². The van der Waals surface area contributed by atoms with Crippen LogP contribution in [0.25, 0.3) is 0 Å².